The summed E-state index contributed by atoms with van der Waals surface area (Å²) >= 11 is 0. The summed E-state index contributed by atoms with van der Waals surface area (Å²) in [4.78, 5) is 0. The van der Waals surface area contributed by atoms with E-state index in [2.05, 4.69) is 6.55 Å². The van der Waals surface area contributed by atoms with Gasteiger partial charge in [-0.3, -0.25) is 0 Å². The Bertz CT molecular complexity index is 16.3. The van der Waals surface area contributed by atoms with Gasteiger partial charge in [-0.25, -0.2) is 0 Å². The molecule has 2 N–H and O–H groups in total. The van der Waals surface area contributed by atoms with Crippen molar-refractivity contribution in [2.24, 2.45) is 0 Å². The summed E-state index contributed by atoms with van der Waals surface area (Å²) in [7, 11) is -0.0860. The molecule has 0 unspecified atom stereocenters. The molecular formula is C3H12O2Si. The molecular weight excluding hydrogens is 96.1 g/mol. The number of hydrogen-bond donors (Lipinski definition) is 0. The topological polar surface area (TPSA) is 40.7 Å². The van der Waals surface area contributed by atoms with Crippen LogP contribution < -0.4 is 0 Å². The van der Waals surface area contributed by atoms with Crippen LogP contribution in [0, 0.1) is 0 Å². The average Bonchev–Trinajstić information content (AvgIpc) is 1.41. The molecule has 0 aromatic heterocycles. The summed E-state index contributed by atoms with van der Waals surface area (Å²) in [6.45, 7) is 5.06. The van der Waals surface area contributed by atoms with E-state index in [-0.39, 0.29) is 15.2 Å². The fourth-order valence-corrected chi connectivity index (χ4v) is 0.612. The van der Waals surface area contributed by atoms with Crippen LogP contribution in [0.4, 0.5) is 0 Å². The van der Waals surface area contributed by atoms with Gasteiger partial charge in [0.05, 0.1) is 0 Å². The Hall–Kier alpha value is 0.137. The lowest BCUT2D eigenvalue weighted by Crippen LogP contribution is -1.88. The van der Waals surface area contributed by atoms with Crippen LogP contribution in [0.15, 0.2) is 0 Å². The Balaban J connectivity index is 0. The molecule has 0 saturated carbocycles. The standard InChI is InChI=1S/C3H10OSi.H2O/c1-3-4-5-2;/h3,5H2,1-2H3;1H2. The molecule has 0 aromatic carbocycles. The van der Waals surface area contributed by atoms with E-state index in [0.29, 0.717) is 0 Å². The molecule has 3 heteroatoms. The highest BCUT2D eigenvalue weighted by molar-refractivity contribution is 6.24. The molecule has 0 aliphatic rings. The molecule has 0 fully saturated rings. The van der Waals surface area contributed by atoms with Gasteiger partial charge in [-0.2, -0.15) is 0 Å². The van der Waals surface area contributed by atoms with Crippen LogP contribution in [0.25, 0.3) is 0 Å². The smallest absolute Gasteiger partial charge is 0.158 e. The predicted octanol–water partition coefficient (Wildman–Crippen LogP) is -0.670. The fourth-order valence-electron chi connectivity index (χ4n) is 0.204. The minimum Gasteiger partial charge on any atom is -0.425 e. The minimum absolute atomic E-state index is 0. The quantitative estimate of drug-likeness (QED) is 0.432. The summed E-state index contributed by atoms with van der Waals surface area (Å²) in [6.07, 6.45) is 0. The first-order valence-corrected chi connectivity index (χ1v) is 3.98. The van der Waals surface area contributed by atoms with Crippen molar-refractivity contribution in [1.82, 2.24) is 0 Å². The van der Waals surface area contributed by atoms with Gasteiger partial charge in [-0.1, -0.05) is 6.55 Å². The van der Waals surface area contributed by atoms with Crippen molar-refractivity contribution < 1.29 is 9.90 Å². The summed E-state index contributed by atoms with van der Waals surface area (Å²) in [6, 6.07) is 0. The number of rotatable bonds is 2. The number of hydrogen-bond acceptors (Lipinski definition) is 1. The molecule has 0 aliphatic heterocycles. The molecule has 0 amide bonds. The van der Waals surface area contributed by atoms with E-state index in [4.69, 9.17) is 4.43 Å². The summed E-state index contributed by atoms with van der Waals surface area (Å²) in [5.74, 6) is 0. The zero-order valence-electron chi connectivity index (χ0n) is 4.32. The highest BCUT2D eigenvalue weighted by atomic mass is 28.2. The van der Waals surface area contributed by atoms with E-state index >= 15 is 0 Å². The third-order valence-corrected chi connectivity index (χ3v) is 1.22. The van der Waals surface area contributed by atoms with Crippen LogP contribution >= 0.6 is 0 Å². The van der Waals surface area contributed by atoms with E-state index in [9.17, 15) is 0 Å². The molecule has 0 heterocycles. The van der Waals surface area contributed by atoms with E-state index in [1.54, 1.807) is 0 Å². The monoisotopic (exact) mass is 108 g/mol. The van der Waals surface area contributed by atoms with Crippen molar-refractivity contribution in [3.05, 3.63) is 0 Å². The highest BCUT2D eigenvalue weighted by Crippen LogP contribution is 1.61. The predicted molar refractivity (Wildman–Crippen MR) is 29.6 cm³/mol. The second-order valence-electron chi connectivity index (χ2n) is 0.781. The maximum atomic E-state index is 4.97. The maximum Gasteiger partial charge on any atom is 0.158 e. The Morgan fingerprint density at radius 3 is 2.17 bits per heavy atom. The summed E-state index contributed by atoms with van der Waals surface area (Å²) in [5.41, 5.74) is 0. The zero-order chi connectivity index (χ0) is 4.12. The van der Waals surface area contributed by atoms with E-state index in [1.165, 1.54) is 0 Å². The van der Waals surface area contributed by atoms with Crippen LogP contribution in [0.3, 0.4) is 0 Å². The molecule has 0 rings (SSSR count). The van der Waals surface area contributed by atoms with Crippen molar-refractivity contribution in [2.75, 3.05) is 6.61 Å². The summed E-state index contributed by atoms with van der Waals surface area (Å²) < 4.78 is 4.97. The van der Waals surface area contributed by atoms with E-state index < -0.39 is 0 Å². The molecule has 0 saturated heterocycles. The van der Waals surface area contributed by atoms with Gasteiger partial charge in [-0.05, 0) is 6.92 Å². The third-order valence-electron chi connectivity index (χ3n) is 0.408. The van der Waals surface area contributed by atoms with Gasteiger partial charge in [0.2, 0.25) is 0 Å². The van der Waals surface area contributed by atoms with Gasteiger partial charge in [-0.15, -0.1) is 0 Å². The van der Waals surface area contributed by atoms with Crippen LogP contribution in [0.2, 0.25) is 6.55 Å². The molecule has 0 bridgehead atoms. The second-order valence-corrected chi connectivity index (χ2v) is 1.77. The van der Waals surface area contributed by atoms with Crippen LogP contribution in [0.1, 0.15) is 6.92 Å². The van der Waals surface area contributed by atoms with Crippen molar-refractivity contribution in [3.63, 3.8) is 0 Å². The van der Waals surface area contributed by atoms with Gasteiger partial charge in [0.1, 0.15) is 0 Å². The van der Waals surface area contributed by atoms with Crippen molar-refractivity contribution >= 4 is 9.76 Å². The van der Waals surface area contributed by atoms with Gasteiger partial charge in [0, 0.05) is 6.61 Å². The molecule has 0 aliphatic carbocycles. The molecule has 6 heavy (non-hydrogen) atoms. The van der Waals surface area contributed by atoms with Crippen LogP contribution in [-0.4, -0.2) is 21.8 Å². The average molecular weight is 108 g/mol. The highest BCUT2D eigenvalue weighted by Gasteiger charge is 1.65. The molecule has 0 radical (unpaired) electrons. The van der Waals surface area contributed by atoms with E-state index in [0.717, 1.165) is 6.61 Å². The van der Waals surface area contributed by atoms with E-state index in [1.807, 2.05) is 6.92 Å². The van der Waals surface area contributed by atoms with Gasteiger partial charge < -0.3 is 9.90 Å². The first-order valence-electron chi connectivity index (χ1n) is 1.99. The second kappa shape index (κ2) is 8.93. The van der Waals surface area contributed by atoms with Crippen molar-refractivity contribution in [2.45, 2.75) is 13.5 Å². The molecule has 0 spiro atoms. The Labute approximate surface area is 40.8 Å². The van der Waals surface area contributed by atoms with Crippen LogP contribution in [-0.2, 0) is 4.43 Å². The van der Waals surface area contributed by atoms with Crippen molar-refractivity contribution in [1.29, 1.82) is 0 Å². The maximum absolute atomic E-state index is 4.97. The molecule has 40 valence electrons. The van der Waals surface area contributed by atoms with Crippen LogP contribution in [0.5, 0.6) is 0 Å². The zero-order valence-corrected chi connectivity index (χ0v) is 5.74. The molecule has 2 nitrogen and oxygen atoms in total. The van der Waals surface area contributed by atoms with Gasteiger partial charge >= 0.3 is 0 Å². The van der Waals surface area contributed by atoms with Crippen molar-refractivity contribution in [3.8, 4) is 0 Å². The molecule has 0 aromatic rings. The SMILES string of the molecule is CCO[SiH2]C.O. The minimum atomic E-state index is -0.0860. The first-order chi connectivity index (χ1) is 2.41. The lowest BCUT2D eigenvalue weighted by atomic mass is 10.9. The normalized spacial score (nSPS) is 9.00. The Morgan fingerprint density at radius 2 is 2.17 bits per heavy atom. The molecule has 0 atom stereocenters. The van der Waals surface area contributed by atoms with Gasteiger partial charge in [0.15, 0.2) is 9.76 Å². The first kappa shape index (κ1) is 9.46. The van der Waals surface area contributed by atoms with Gasteiger partial charge in [0.25, 0.3) is 0 Å². The lowest BCUT2D eigenvalue weighted by molar-refractivity contribution is 0.364. The Morgan fingerprint density at radius 1 is 1.67 bits per heavy atom. The fraction of sp³-hybridized carbons (Fsp3) is 1.00. The third kappa shape index (κ3) is 8.91. The summed E-state index contributed by atoms with van der Waals surface area (Å²) in [5, 5.41) is 0. The Kier molecular flexibility index (Phi) is 14.1. The largest absolute Gasteiger partial charge is 0.425 e. The lowest BCUT2D eigenvalue weighted by Gasteiger charge is -1.86.